The fourth-order valence-electron chi connectivity index (χ4n) is 0.102. The van der Waals surface area contributed by atoms with Gasteiger partial charge in [0.05, 0.1) is 45.7 Å². The van der Waals surface area contributed by atoms with Crippen molar-refractivity contribution in [3.8, 4) is 0 Å². The predicted molar refractivity (Wildman–Crippen MR) is 47.7 cm³/mol. The average Bonchev–Trinajstić information content (AvgIpc) is 1.72. The minimum atomic E-state index is 0.779. The molecule has 0 heterocycles. The third-order valence-electron chi connectivity index (χ3n) is 0.403. The van der Waals surface area contributed by atoms with Crippen LogP contribution in [-0.4, -0.2) is 13.0 Å². The first-order valence-corrected chi connectivity index (χ1v) is 3.71. The lowest BCUT2D eigenvalue weighted by atomic mass is 11.1. The van der Waals surface area contributed by atoms with Gasteiger partial charge >= 0.3 is 0 Å². The number of nitrogens with zero attached hydrogens (tertiary/aromatic N) is 1. The van der Waals surface area contributed by atoms with E-state index in [1.807, 2.05) is 45.7 Å². The van der Waals surface area contributed by atoms with E-state index in [9.17, 15) is 0 Å². The highest BCUT2D eigenvalue weighted by Gasteiger charge is 1.83. The molecule has 0 aliphatic carbocycles. The van der Waals surface area contributed by atoms with E-state index < -0.39 is 0 Å². The molecule has 5 heteroatoms. The first kappa shape index (κ1) is 7.73. The van der Waals surface area contributed by atoms with Crippen molar-refractivity contribution in [3.05, 3.63) is 0 Å². The first-order valence-electron chi connectivity index (χ1n) is 1.55. The summed E-state index contributed by atoms with van der Waals surface area (Å²) >= 11 is 4.00. The second-order valence-corrected chi connectivity index (χ2v) is 1.84. The monoisotopic (exact) mass is 325 g/mol. The van der Waals surface area contributed by atoms with Gasteiger partial charge in [-0.2, -0.15) is 0 Å². The van der Waals surface area contributed by atoms with Crippen molar-refractivity contribution in [1.29, 1.82) is 0 Å². The molecule has 0 bridgehead atoms. The lowest BCUT2D eigenvalue weighted by Crippen LogP contribution is -2.22. The smallest absolute Gasteiger partial charge is 0.208 e. The Morgan fingerprint density at radius 3 is 1.86 bits per heavy atom. The van der Waals surface area contributed by atoms with E-state index in [-0.39, 0.29) is 0 Å². The van der Waals surface area contributed by atoms with Crippen LogP contribution in [0.1, 0.15) is 0 Å². The van der Waals surface area contributed by atoms with E-state index >= 15 is 0 Å². The Balaban J connectivity index is 3.38. The SMILES string of the molecule is CN=C(NI)NI. The van der Waals surface area contributed by atoms with Crippen molar-refractivity contribution < 1.29 is 0 Å². The first-order chi connectivity index (χ1) is 3.35. The highest BCUT2D eigenvalue weighted by atomic mass is 127. The number of hydrogen-bond acceptors (Lipinski definition) is 1. The molecule has 0 saturated heterocycles. The summed E-state index contributed by atoms with van der Waals surface area (Å²) in [5, 5.41) is 0. The van der Waals surface area contributed by atoms with Crippen molar-refractivity contribution in [3.63, 3.8) is 0 Å². The zero-order valence-electron chi connectivity index (χ0n) is 3.70. The third kappa shape index (κ3) is 3.32. The highest BCUT2D eigenvalue weighted by molar-refractivity contribution is 14.1. The van der Waals surface area contributed by atoms with Crippen LogP contribution in [-0.2, 0) is 0 Å². The Labute approximate surface area is 70.3 Å². The molecular formula is C2H5I2N3. The third-order valence-corrected chi connectivity index (χ3v) is 1.42. The molecule has 42 valence electrons. The van der Waals surface area contributed by atoms with E-state index in [1.54, 1.807) is 7.05 Å². The summed E-state index contributed by atoms with van der Waals surface area (Å²) in [6.45, 7) is 0. The van der Waals surface area contributed by atoms with E-state index in [4.69, 9.17) is 0 Å². The van der Waals surface area contributed by atoms with Gasteiger partial charge < -0.3 is 0 Å². The van der Waals surface area contributed by atoms with Gasteiger partial charge in [0.15, 0.2) is 0 Å². The largest absolute Gasteiger partial charge is 0.298 e. The van der Waals surface area contributed by atoms with Crippen LogP contribution in [0.2, 0.25) is 0 Å². The molecule has 2 N–H and O–H groups in total. The van der Waals surface area contributed by atoms with E-state index in [2.05, 4.69) is 12.1 Å². The molecule has 0 aliphatic rings. The molecule has 0 fully saturated rings. The van der Waals surface area contributed by atoms with Gasteiger partial charge in [0.2, 0.25) is 5.96 Å². The van der Waals surface area contributed by atoms with Crippen LogP contribution in [0, 0.1) is 0 Å². The number of aliphatic imine (C=N–C) groups is 1. The lowest BCUT2D eigenvalue weighted by molar-refractivity contribution is 1.31. The van der Waals surface area contributed by atoms with Crippen LogP contribution >= 0.6 is 45.7 Å². The van der Waals surface area contributed by atoms with Crippen molar-refractivity contribution in [2.45, 2.75) is 0 Å². The molecule has 0 aromatic carbocycles. The fraction of sp³-hybridized carbons (Fsp3) is 0.500. The van der Waals surface area contributed by atoms with Crippen LogP contribution in [0.25, 0.3) is 0 Å². The molecule has 7 heavy (non-hydrogen) atoms. The number of guanidine groups is 1. The maximum absolute atomic E-state index is 3.80. The number of nitrogens with one attached hydrogen (secondary N) is 2. The molecular weight excluding hydrogens is 320 g/mol. The van der Waals surface area contributed by atoms with E-state index in [0.29, 0.717) is 0 Å². The highest BCUT2D eigenvalue weighted by Crippen LogP contribution is 1.75. The number of rotatable bonds is 0. The Kier molecular flexibility index (Phi) is 5.39. The summed E-state index contributed by atoms with van der Waals surface area (Å²) < 4.78 is 5.61. The molecule has 0 unspecified atom stereocenters. The average molecular weight is 325 g/mol. The standard InChI is InChI=1S/C2H5I2N3/c1-5-2(6-3)7-4/h1H3,(H2,5,6,7). The van der Waals surface area contributed by atoms with Crippen LogP contribution in [0.3, 0.4) is 0 Å². The van der Waals surface area contributed by atoms with Gasteiger partial charge in [-0.3, -0.25) is 12.1 Å². The van der Waals surface area contributed by atoms with Gasteiger partial charge in [0, 0.05) is 7.05 Å². The summed E-state index contributed by atoms with van der Waals surface area (Å²) in [6, 6.07) is 0. The van der Waals surface area contributed by atoms with Gasteiger partial charge in [-0.15, -0.1) is 0 Å². The molecule has 0 aromatic rings. The second-order valence-electron chi connectivity index (χ2n) is 0.761. The molecule has 3 nitrogen and oxygen atoms in total. The van der Waals surface area contributed by atoms with E-state index in [1.165, 1.54) is 0 Å². The topological polar surface area (TPSA) is 36.4 Å². The minimum absolute atomic E-state index is 0.779. The molecule has 0 aromatic heterocycles. The zero-order valence-corrected chi connectivity index (χ0v) is 8.02. The van der Waals surface area contributed by atoms with Crippen LogP contribution in [0.15, 0.2) is 4.99 Å². The van der Waals surface area contributed by atoms with Gasteiger partial charge in [-0.05, 0) is 0 Å². The van der Waals surface area contributed by atoms with Crippen LogP contribution in [0.5, 0.6) is 0 Å². The molecule has 0 atom stereocenters. The maximum Gasteiger partial charge on any atom is 0.208 e. The van der Waals surface area contributed by atoms with Gasteiger partial charge in [-0.25, -0.2) is 0 Å². The van der Waals surface area contributed by atoms with Crippen LogP contribution in [0.4, 0.5) is 0 Å². The van der Waals surface area contributed by atoms with Gasteiger partial charge in [-0.1, -0.05) is 0 Å². The van der Waals surface area contributed by atoms with Crippen molar-refractivity contribution in [1.82, 2.24) is 7.06 Å². The molecule has 0 rings (SSSR count). The predicted octanol–water partition coefficient (Wildman–Crippen LogP) is 0.851. The van der Waals surface area contributed by atoms with Crippen molar-refractivity contribution >= 4 is 51.7 Å². The quantitative estimate of drug-likeness (QED) is 0.300. The Bertz CT molecular complexity index is 65.3. The summed E-state index contributed by atoms with van der Waals surface area (Å²) in [7, 11) is 1.71. The Morgan fingerprint density at radius 1 is 1.43 bits per heavy atom. The fourth-order valence-corrected chi connectivity index (χ4v) is 1.37. The Morgan fingerprint density at radius 2 is 1.86 bits per heavy atom. The normalized spacial score (nSPS) is 7.29. The van der Waals surface area contributed by atoms with Gasteiger partial charge in [0.25, 0.3) is 0 Å². The van der Waals surface area contributed by atoms with Crippen molar-refractivity contribution in [2.75, 3.05) is 7.05 Å². The number of halogens is 2. The van der Waals surface area contributed by atoms with Crippen LogP contribution < -0.4 is 7.06 Å². The summed E-state index contributed by atoms with van der Waals surface area (Å²) in [4.78, 5) is 3.80. The zero-order chi connectivity index (χ0) is 5.70. The molecule has 0 radical (unpaired) electrons. The molecule has 0 spiro atoms. The minimum Gasteiger partial charge on any atom is -0.298 e. The molecule has 0 saturated carbocycles. The lowest BCUT2D eigenvalue weighted by Gasteiger charge is -1.95. The van der Waals surface area contributed by atoms with Crippen molar-refractivity contribution in [2.24, 2.45) is 4.99 Å². The summed E-state index contributed by atoms with van der Waals surface area (Å²) in [5.74, 6) is 0.779. The van der Waals surface area contributed by atoms with Gasteiger partial charge in [0.1, 0.15) is 0 Å². The Hall–Kier alpha value is 0.730. The number of hydrogen-bond donors (Lipinski definition) is 2. The summed E-state index contributed by atoms with van der Waals surface area (Å²) in [6.07, 6.45) is 0. The van der Waals surface area contributed by atoms with E-state index in [0.717, 1.165) is 5.96 Å². The second kappa shape index (κ2) is 4.88. The maximum atomic E-state index is 3.80. The molecule has 0 aliphatic heterocycles. The molecule has 0 amide bonds. The summed E-state index contributed by atoms with van der Waals surface area (Å²) in [5.41, 5.74) is 0.